The molecular formula is C20H33N5O2. The molecule has 0 bridgehead atoms. The van der Waals surface area contributed by atoms with Gasteiger partial charge in [-0.3, -0.25) is 9.69 Å². The Morgan fingerprint density at radius 3 is 2.56 bits per heavy atom. The molecule has 7 heteroatoms. The molecule has 2 fully saturated rings. The molecule has 2 heterocycles. The topological polar surface area (TPSA) is 81.6 Å². The minimum atomic E-state index is -0.639. The first-order valence-corrected chi connectivity index (χ1v) is 10.4. The number of aliphatic carboxylic acids is 1. The van der Waals surface area contributed by atoms with Crippen molar-refractivity contribution in [2.24, 2.45) is 5.92 Å². The van der Waals surface area contributed by atoms with Crippen molar-refractivity contribution in [3.05, 3.63) is 18.5 Å². The third-order valence-electron chi connectivity index (χ3n) is 6.02. The second-order valence-electron chi connectivity index (χ2n) is 7.92. The van der Waals surface area contributed by atoms with Crippen LogP contribution < -0.4 is 5.32 Å². The van der Waals surface area contributed by atoms with Crippen LogP contribution in [0.1, 0.15) is 44.9 Å². The third-order valence-corrected chi connectivity index (χ3v) is 6.02. The van der Waals surface area contributed by atoms with Gasteiger partial charge < -0.3 is 15.3 Å². The molecular weight excluding hydrogens is 342 g/mol. The van der Waals surface area contributed by atoms with E-state index in [1.54, 1.807) is 12.4 Å². The molecule has 0 amide bonds. The van der Waals surface area contributed by atoms with E-state index in [1.165, 1.54) is 25.8 Å². The van der Waals surface area contributed by atoms with Crippen molar-refractivity contribution in [1.29, 1.82) is 0 Å². The number of anilines is 1. The van der Waals surface area contributed by atoms with Gasteiger partial charge in [-0.15, -0.1) is 0 Å². The quantitative estimate of drug-likeness (QED) is 0.641. The molecule has 7 nitrogen and oxygen atoms in total. The number of rotatable bonds is 9. The van der Waals surface area contributed by atoms with Crippen molar-refractivity contribution >= 4 is 11.7 Å². The summed E-state index contributed by atoms with van der Waals surface area (Å²) in [5, 5.41) is 20.0. The van der Waals surface area contributed by atoms with Gasteiger partial charge in [0.05, 0.1) is 18.1 Å². The van der Waals surface area contributed by atoms with E-state index < -0.39 is 5.97 Å². The number of carboxylic acids is 1. The molecule has 1 saturated heterocycles. The smallest absolute Gasteiger partial charge is 0.303 e. The van der Waals surface area contributed by atoms with Gasteiger partial charge in [0.2, 0.25) is 0 Å². The summed E-state index contributed by atoms with van der Waals surface area (Å²) >= 11 is 0. The van der Waals surface area contributed by atoms with Crippen molar-refractivity contribution in [3.63, 3.8) is 0 Å². The van der Waals surface area contributed by atoms with Crippen molar-refractivity contribution < 1.29 is 9.90 Å². The van der Waals surface area contributed by atoms with Crippen LogP contribution in [0.3, 0.4) is 0 Å². The van der Waals surface area contributed by atoms with Crippen LogP contribution in [0, 0.1) is 5.92 Å². The lowest BCUT2D eigenvalue weighted by Crippen LogP contribution is -2.51. The predicted molar refractivity (Wildman–Crippen MR) is 106 cm³/mol. The zero-order valence-corrected chi connectivity index (χ0v) is 16.2. The molecule has 1 aromatic rings. The number of unbranched alkanes of at least 4 members (excludes halogenated alkanes) is 1. The van der Waals surface area contributed by atoms with Crippen molar-refractivity contribution in [2.75, 3.05) is 44.6 Å². The monoisotopic (exact) mass is 375 g/mol. The minimum absolute atomic E-state index is 0.354. The van der Waals surface area contributed by atoms with Crippen LogP contribution in [-0.2, 0) is 4.79 Å². The number of piperazine rings is 1. The van der Waals surface area contributed by atoms with Crippen LogP contribution in [0.15, 0.2) is 18.5 Å². The highest BCUT2D eigenvalue weighted by atomic mass is 16.4. The normalized spacial score (nSPS) is 24.6. The van der Waals surface area contributed by atoms with Crippen LogP contribution >= 0.6 is 0 Å². The van der Waals surface area contributed by atoms with Crippen LogP contribution in [0.25, 0.3) is 0 Å². The van der Waals surface area contributed by atoms with Crippen LogP contribution in [-0.4, -0.2) is 76.4 Å². The summed E-state index contributed by atoms with van der Waals surface area (Å²) in [6.07, 6.45) is 10.7. The summed E-state index contributed by atoms with van der Waals surface area (Å²) in [6, 6.07) is 2.62. The molecule has 1 saturated carbocycles. The van der Waals surface area contributed by atoms with E-state index in [2.05, 4.69) is 25.3 Å². The highest BCUT2D eigenvalue weighted by Crippen LogP contribution is 2.30. The maximum atomic E-state index is 10.9. The molecule has 1 aromatic heterocycles. The molecule has 1 aliphatic carbocycles. The lowest BCUT2D eigenvalue weighted by Gasteiger charge is -2.42. The van der Waals surface area contributed by atoms with Gasteiger partial charge in [-0.25, -0.2) is 0 Å². The summed E-state index contributed by atoms with van der Waals surface area (Å²) in [7, 11) is 0. The third kappa shape index (κ3) is 6.74. The SMILES string of the molecule is O=C(O)CC1CCC(N2CCN(CCCCNc3ccnnc3)CC2)CC1. The molecule has 3 rings (SSSR count). The molecule has 2 aliphatic rings. The van der Waals surface area contributed by atoms with E-state index in [9.17, 15) is 4.79 Å². The van der Waals surface area contributed by atoms with Gasteiger partial charge in [0.1, 0.15) is 0 Å². The standard InChI is InChI=1S/C20H33N5O2/c26-20(27)15-17-3-5-19(6-4-17)25-13-11-24(12-14-25)10-2-1-8-21-18-7-9-22-23-16-18/h7,9,16-17,19H,1-6,8,10-15H2,(H,21,22)(H,26,27). The first-order valence-electron chi connectivity index (χ1n) is 10.4. The molecule has 27 heavy (non-hydrogen) atoms. The Morgan fingerprint density at radius 1 is 1.11 bits per heavy atom. The number of hydrogen-bond acceptors (Lipinski definition) is 6. The summed E-state index contributed by atoms with van der Waals surface area (Å²) in [5.41, 5.74) is 1.04. The van der Waals surface area contributed by atoms with Gasteiger partial charge >= 0.3 is 5.97 Å². The number of aromatic nitrogens is 2. The number of carbonyl (C=O) groups is 1. The van der Waals surface area contributed by atoms with E-state index in [0.717, 1.165) is 57.7 Å². The fourth-order valence-electron chi connectivity index (χ4n) is 4.40. The van der Waals surface area contributed by atoms with Crippen LogP contribution in [0.2, 0.25) is 0 Å². The van der Waals surface area contributed by atoms with Gasteiger partial charge in [0, 0.05) is 45.2 Å². The maximum Gasteiger partial charge on any atom is 0.303 e. The molecule has 0 radical (unpaired) electrons. The van der Waals surface area contributed by atoms with E-state index in [4.69, 9.17) is 5.11 Å². The first-order chi connectivity index (χ1) is 13.2. The summed E-state index contributed by atoms with van der Waals surface area (Å²) < 4.78 is 0. The van der Waals surface area contributed by atoms with E-state index in [1.807, 2.05) is 6.07 Å². The second-order valence-corrected chi connectivity index (χ2v) is 7.92. The fourth-order valence-corrected chi connectivity index (χ4v) is 4.40. The van der Waals surface area contributed by atoms with E-state index in [0.29, 0.717) is 18.4 Å². The molecule has 0 aromatic carbocycles. The van der Waals surface area contributed by atoms with E-state index >= 15 is 0 Å². The van der Waals surface area contributed by atoms with Gasteiger partial charge in [-0.2, -0.15) is 10.2 Å². The number of nitrogens with zero attached hydrogens (tertiary/aromatic N) is 4. The lowest BCUT2D eigenvalue weighted by molar-refractivity contribution is -0.138. The highest BCUT2D eigenvalue weighted by Gasteiger charge is 2.28. The molecule has 0 atom stereocenters. The summed E-state index contributed by atoms with van der Waals surface area (Å²) in [6.45, 7) is 6.80. The molecule has 0 unspecified atom stereocenters. The number of carboxylic acid groups (broad SMARTS) is 1. The Bertz CT molecular complexity index is 555. The zero-order chi connectivity index (χ0) is 18.9. The van der Waals surface area contributed by atoms with Crippen molar-refractivity contribution in [1.82, 2.24) is 20.0 Å². The number of hydrogen-bond donors (Lipinski definition) is 2. The summed E-state index contributed by atoms with van der Waals surface area (Å²) in [5.74, 6) is -0.240. The predicted octanol–water partition coefficient (Wildman–Crippen LogP) is 2.32. The van der Waals surface area contributed by atoms with Crippen molar-refractivity contribution in [3.8, 4) is 0 Å². The zero-order valence-electron chi connectivity index (χ0n) is 16.2. The maximum absolute atomic E-state index is 10.9. The first kappa shape index (κ1) is 20.0. The summed E-state index contributed by atoms with van der Waals surface area (Å²) in [4.78, 5) is 16.1. The Labute approximate surface area is 162 Å². The second kappa shape index (κ2) is 10.6. The Morgan fingerprint density at radius 2 is 1.89 bits per heavy atom. The van der Waals surface area contributed by atoms with Gasteiger partial charge in [0.15, 0.2) is 0 Å². The largest absolute Gasteiger partial charge is 0.481 e. The number of nitrogens with one attached hydrogen (secondary N) is 1. The molecule has 0 spiro atoms. The Kier molecular flexibility index (Phi) is 7.83. The van der Waals surface area contributed by atoms with Gasteiger partial charge in [0.25, 0.3) is 0 Å². The fraction of sp³-hybridized carbons (Fsp3) is 0.750. The average Bonchev–Trinajstić information content (AvgIpc) is 2.69. The molecule has 150 valence electrons. The lowest BCUT2D eigenvalue weighted by atomic mass is 9.83. The van der Waals surface area contributed by atoms with Crippen LogP contribution in [0.5, 0.6) is 0 Å². The van der Waals surface area contributed by atoms with E-state index in [-0.39, 0.29) is 0 Å². The highest BCUT2D eigenvalue weighted by molar-refractivity contribution is 5.67. The Hall–Kier alpha value is -1.73. The average molecular weight is 376 g/mol. The van der Waals surface area contributed by atoms with Gasteiger partial charge in [-0.1, -0.05) is 0 Å². The molecule has 1 aliphatic heterocycles. The van der Waals surface area contributed by atoms with Crippen molar-refractivity contribution in [2.45, 2.75) is 51.0 Å². The molecule has 2 N–H and O–H groups in total. The van der Waals surface area contributed by atoms with Gasteiger partial charge in [-0.05, 0) is 57.1 Å². The van der Waals surface area contributed by atoms with Crippen LogP contribution in [0.4, 0.5) is 5.69 Å². The Balaban J connectivity index is 1.24. The minimum Gasteiger partial charge on any atom is -0.481 e.